The molecule has 0 bridgehead atoms. The predicted molar refractivity (Wildman–Crippen MR) is 76.6 cm³/mol. The Morgan fingerprint density at radius 3 is 2.65 bits per heavy atom. The smallest absolute Gasteiger partial charge is 0.257 e. The molecule has 1 aliphatic heterocycles. The maximum atomic E-state index is 12.3. The second-order valence-electron chi connectivity index (χ2n) is 4.66. The molecule has 1 unspecified atom stereocenters. The summed E-state index contributed by atoms with van der Waals surface area (Å²) < 4.78 is 5.81. The van der Waals surface area contributed by atoms with E-state index in [9.17, 15) is 10.0 Å². The van der Waals surface area contributed by atoms with Gasteiger partial charge in [-0.15, -0.1) is 12.6 Å². The highest BCUT2D eigenvalue weighted by Crippen LogP contribution is 2.45. The van der Waals surface area contributed by atoms with Gasteiger partial charge in [-0.2, -0.15) is 0 Å². The first-order chi connectivity index (χ1) is 9.58. The van der Waals surface area contributed by atoms with Crippen LogP contribution in [0.1, 0.15) is 17.0 Å². The highest BCUT2D eigenvalue weighted by molar-refractivity contribution is 7.80. The van der Waals surface area contributed by atoms with E-state index in [0.29, 0.717) is 22.1 Å². The zero-order chi connectivity index (χ0) is 14.3. The van der Waals surface area contributed by atoms with Gasteiger partial charge in [0.25, 0.3) is 5.91 Å². The van der Waals surface area contributed by atoms with Crippen molar-refractivity contribution in [3.63, 3.8) is 0 Å². The monoisotopic (exact) mass is 287 g/mol. The van der Waals surface area contributed by atoms with Crippen LogP contribution in [-0.2, 0) is 4.79 Å². The summed E-state index contributed by atoms with van der Waals surface area (Å²) in [6.45, 7) is 0. The second-order valence-corrected chi connectivity index (χ2v) is 5.17. The van der Waals surface area contributed by atoms with E-state index in [0.717, 1.165) is 10.5 Å². The van der Waals surface area contributed by atoms with Crippen molar-refractivity contribution >= 4 is 18.5 Å². The molecule has 0 aromatic heterocycles. The van der Waals surface area contributed by atoms with Crippen LogP contribution in [0.5, 0.6) is 11.5 Å². The molecule has 0 spiro atoms. The average Bonchev–Trinajstić information content (AvgIpc) is 2.44. The molecule has 20 heavy (non-hydrogen) atoms. The van der Waals surface area contributed by atoms with Gasteiger partial charge in [0.05, 0.1) is 5.92 Å². The maximum Gasteiger partial charge on any atom is 0.257 e. The molecule has 4 nitrogen and oxygen atoms in total. The van der Waals surface area contributed by atoms with Crippen LogP contribution < -0.4 is 4.74 Å². The van der Waals surface area contributed by atoms with E-state index < -0.39 is 11.8 Å². The predicted octanol–water partition coefficient (Wildman–Crippen LogP) is 3.06. The summed E-state index contributed by atoms with van der Waals surface area (Å²) in [6.07, 6.45) is 0. The van der Waals surface area contributed by atoms with Crippen molar-refractivity contribution in [3.05, 3.63) is 53.6 Å². The summed E-state index contributed by atoms with van der Waals surface area (Å²) in [5, 5.41) is 10.1. The van der Waals surface area contributed by atoms with E-state index in [4.69, 9.17) is 4.74 Å². The lowest BCUT2D eigenvalue weighted by molar-refractivity contribution is -0.160. The van der Waals surface area contributed by atoms with Crippen LogP contribution in [0.15, 0.2) is 47.4 Å². The summed E-state index contributed by atoms with van der Waals surface area (Å²) in [7, 11) is 1.32. The number of hydrogen-bond acceptors (Lipinski definition) is 4. The Bertz CT molecular complexity index is 685. The molecule has 5 heteroatoms. The Balaban J connectivity index is 2.21. The minimum absolute atomic E-state index is 0.402. The number of carbonyl (C=O) groups is 1. The number of rotatable bonds is 1. The molecule has 102 valence electrons. The number of para-hydroxylation sites is 1. The molecule has 0 saturated carbocycles. The Kier molecular flexibility index (Phi) is 3.16. The van der Waals surface area contributed by atoms with Crippen LogP contribution >= 0.6 is 12.6 Å². The van der Waals surface area contributed by atoms with Gasteiger partial charge < -0.3 is 4.74 Å². The first-order valence-electron chi connectivity index (χ1n) is 6.14. The van der Waals surface area contributed by atoms with E-state index in [2.05, 4.69) is 12.6 Å². The highest BCUT2D eigenvalue weighted by Gasteiger charge is 2.34. The summed E-state index contributed by atoms with van der Waals surface area (Å²) in [5.74, 6) is 0.256. The number of hydroxylamine groups is 2. The third-order valence-corrected chi connectivity index (χ3v) is 3.60. The fourth-order valence-corrected chi connectivity index (χ4v) is 2.62. The SMILES string of the molecule is CN(O)C(=O)C1c2ccccc2Oc2ccc(S)cc21. The van der Waals surface area contributed by atoms with Crippen LogP contribution in [0, 0.1) is 0 Å². The Hall–Kier alpha value is -1.98. The molecule has 1 atom stereocenters. The van der Waals surface area contributed by atoms with Crippen molar-refractivity contribution in [1.82, 2.24) is 5.06 Å². The van der Waals surface area contributed by atoms with Gasteiger partial charge in [0, 0.05) is 23.1 Å². The van der Waals surface area contributed by atoms with Crippen LogP contribution in [0.2, 0.25) is 0 Å². The van der Waals surface area contributed by atoms with Crippen LogP contribution in [0.25, 0.3) is 0 Å². The molecule has 3 rings (SSSR count). The lowest BCUT2D eigenvalue weighted by Crippen LogP contribution is -2.31. The molecule has 1 N–H and O–H groups in total. The van der Waals surface area contributed by atoms with E-state index in [1.54, 1.807) is 18.2 Å². The number of thiol groups is 1. The number of likely N-dealkylation sites (N-methyl/N-ethyl adjacent to an activating group) is 1. The summed E-state index contributed by atoms with van der Waals surface area (Å²) in [6, 6.07) is 12.7. The molecular weight excluding hydrogens is 274 g/mol. The lowest BCUT2D eigenvalue weighted by Gasteiger charge is -2.28. The van der Waals surface area contributed by atoms with Crippen molar-refractivity contribution < 1.29 is 14.7 Å². The Morgan fingerprint density at radius 1 is 1.20 bits per heavy atom. The molecule has 0 aliphatic carbocycles. The van der Waals surface area contributed by atoms with Gasteiger partial charge in [-0.05, 0) is 24.3 Å². The normalized spacial score (nSPS) is 15.8. The lowest BCUT2D eigenvalue weighted by atomic mass is 9.87. The molecule has 0 radical (unpaired) electrons. The van der Waals surface area contributed by atoms with Crippen LogP contribution in [0.4, 0.5) is 0 Å². The number of hydrogen-bond donors (Lipinski definition) is 2. The molecule has 2 aromatic rings. The number of ether oxygens (including phenoxy) is 1. The molecular formula is C15H13NO3S. The van der Waals surface area contributed by atoms with Gasteiger partial charge in [0.2, 0.25) is 0 Å². The molecule has 2 aromatic carbocycles. The van der Waals surface area contributed by atoms with Crippen molar-refractivity contribution in [2.45, 2.75) is 10.8 Å². The zero-order valence-electron chi connectivity index (χ0n) is 10.8. The quantitative estimate of drug-likeness (QED) is 0.481. The molecule has 1 aliphatic rings. The van der Waals surface area contributed by atoms with Gasteiger partial charge in [-0.3, -0.25) is 10.0 Å². The van der Waals surface area contributed by atoms with Gasteiger partial charge in [-0.1, -0.05) is 18.2 Å². The molecule has 0 saturated heterocycles. The minimum atomic E-state index is -0.586. The van der Waals surface area contributed by atoms with Crippen LogP contribution in [-0.4, -0.2) is 23.2 Å². The summed E-state index contributed by atoms with van der Waals surface area (Å²) in [4.78, 5) is 13.1. The topological polar surface area (TPSA) is 49.8 Å². The first kappa shape index (κ1) is 13.0. The zero-order valence-corrected chi connectivity index (χ0v) is 11.7. The maximum absolute atomic E-state index is 12.3. The number of nitrogens with zero attached hydrogens (tertiary/aromatic N) is 1. The third kappa shape index (κ3) is 2.05. The van der Waals surface area contributed by atoms with Crippen molar-refractivity contribution in [2.75, 3.05) is 7.05 Å². The van der Waals surface area contributed by atoms with Gasteiger partial charge >= 0.3 is 0 Å². The Labute approximate surface area is 122 Å². The highest BCUT2D eigenvalue weighted by atomic mass is 32.1. The summed E-state index contributed by atoms with van der Waals surface area (Å²) >= 11 is 4.31. The van der Waals surface area contributed by atoms with E-state index in [-0.39, 0.29) is 0 Å². The van der Waals surface area contributed by atoms with Crippen molar-refractivity contribution in [3.8, 4) is 11.5 Å². The molecule has 0 fully saturated rings. The second kappa shape index (κ2) is 4.85. The fraction of sp³-hybridized carbons (Fsp3) is 0.133. The average molecular weight is 287 g/mol. The third-order valence-electron chi connectivity index (χ3n) is 3.32. The van der Waals surface area contributed by atoms with E-state index in [1.165, 1.54) is 7.05 Å². The van der Waals surface area contributed by atoms with Gasteiger partial charge in [-0.25, -0.2) is 5.06 Å². The molecule has 1 amide bonds. The number of benzene rings is 2. The van der Waals surface area contributed by atoms with Crippen molar-refractivity contribution in [2.24, 2.45) is 0 Å². The minimum Gasteiger partial charge on any atom is -0.457 e. The Morgan fingerprint density at radius 2 is 1.90 bits per heavy atom. The van der Waals surface area contributed by atoms with E-state index in [1.807, 2.05) is 24.3 Å². The standard InChI is InChI=1S/C15H13NO3S/c1-16(18)15(17)14-10-4-2-3-5-12(10)19-13-7-6-9(20)8-11(13)14/h2-8,14,18,20H,1H3. The first-order valence-corrected chi connectivity index (χ1v) is 6.59. The number of carbonyl (C=O) groups excluding carboxylic acids is 1. The van der Waals surface area contributed by atoms with Crippen LogP contribution in [0.3, 0.4) is 0 Å². The van der Waals surface area contributed by atoms with Gasteiger partial charge in [0.15, 0.2) is 0 Å². The fourth-order valence-electron chi connectivity index (χ4n) is 2.41. The van der Waals surface area contributed by atoms with E-state index >= 15 is 0 Å². The van der Waals surface area contributed by atoms with Gasteiger partial charge in [0.1, 0.15) is 11.5 Å². The largest absolute Gasteiger partial charge is 0.457 e. The number of fused-ring (bicyclic) bond motifs is 2. The molecule has 1 heterocycles. The summed E-state index contributed by atoms with van der Waals surface area (Å²) in [5.41, 5.74) is 1.45. The van der Waals surface area contributed by atoms with Crippen molar-refractivity contribution in [1.29, 1.82) is 0 Å². The number of amides is 1.